The predicted octanol–water partition coefficient (Wildman–Crippen LogP) is 14.7. The molecule has 58 heavy (non-hydrogen) atoms. The van der Waals surface area contributed by atoms with Gasteiger partial charge in [-0.15, -0.1) is 0 Å². The molecule has 7 aromatic carbocycles. The third kappa shape index (κ3) is 5.77. The molecule has 1 aromatic heterocycles. The first-order chi connectivity index (χ1) is 28.5. The van der Waals surface area contributed by atoms with Gasteiger partial charge in [-0.25, -0.2) is 0 Å². The van der Waals surface area contributed by atoms with Gasteiger partial charge in [-0.2, -0.15) is 0 Å². The van der Waals surface area contributed by atoms with Gasteiger partial charge in [-0.1, -0.05) is 154 Å². The summed E-state index contributed by atoms with van der Waals surface area (Å²) in [4.78, 5) is 2.20. The Balaban J connectivity index is 1.10. The van der Waals surface area contributed by atoms with E-state index in [1.165, 1.54) is 0 Å². The van der Waals surface area contributed by atoms with Crippen molar-refractivity contribution >= 4 is 66.0 Å². The van der Waals surface area contributed by atoms with Crippen molar-refractivity contribution in [3.63, 3.8) is 0 Å². The highest BCUT2D eigenvalue weighted by molar-refractivity contribution is 6.13. The fourth-order valence-corrected chi connectivity index (χ4v) is 8.46. The lowest BCUT2D eigenvalue weighted by Gasteiger charge is -2.34. The van der Waals surface area contributed by atoms with Crippen LogP contribution in [0.5, 0.6) is 11.5 Å². The second-order valence-electron chi connectivity index (χ2n) is 14.7. The number of nitrogens with zero attached hydrogens (tertiary/aromatic N) is 1. The Morgan fingerprint density at radius 1 is 0.603 bits per heavy atom. The van der Waals surface area contributed by atoms with Crippen LogP contribution in [-0.4, -0.2) is 6.10 Å². The van der Waals surface area contributed by atoms with Crippen molar-refractivity contribution < 1.29 is 13.9 Å². The summed E-state index contributed by atoms with van der Waals surface area (Å²) >= 11 is 0. The van der Waals surface area contributed by atoms with E-state index in [2.05, 4.69) is 164 Å². The summed E-state index contributed by atoms with van der Waals surface area (Å²) in [7, 11) is 0. The van der Waals surface area contributed by atoms with Crippen molar-refractivity contribution in [2.45, 2.75) is 12.5 Å². The van der Waals surface area contributed by atoms with Crippen molar-refractivity contribution in [1.29, 1.82) is 0 Å². The van der Waals surface area contributed by atoms with Crippen molar-refractivity contribution in [3.05, 3.63) is 219 Å². The molecule has 0 N–H and O–H groups in total. The van der Waals surface area contributed by atoms with Crippen LogP contribution in [0.2, 0.25) is 0 Å². The number of hydrogen-bond donors (Lipinski definition) is 0. The number of benzene rings is 6. The molecule has 10 rings (SSSR count). The van der Waals surface area contributed by atoms with E-state index < -0.39 is 6.10 Å². The van der Waals surface area contributed by atoms with Crippen LogP contribution >= 0.6 is 0 Å². The molecule has 1 atom stereocenters. The molecule has 8 aromatic rings. The van der Waals surface area contributed by atoms with Gasteiger partial charge in [0.1, 0.15) is 28.9 Å². The normalized spacial score (nSPS) is 15.0. The van der Waals surface area contributed by atoms with Crippen LogP contribution in [0, 0.1) is 0 Å². The number of para-hydroxylation sites is 2. The number of ether oxygens (including phenoxy) is 2. The minimum absolute atomic E-state index is 0.392. The van der Waals surface area contributed by atoms with Crippen molar-refractivity contribution in [2.24, 2.45) is 0 Å². The summed E-state index contributed by atoms with van der Waals surface area (Å²) < 4.78 is 20.1. The van der Waals surface area contributed by atoms with Gasteiger partial charge in [0.2, 0.25) is 0 Å². The van der Waals surface area contributed by atoms with Gasteiger partial charge in [0.25, 0.3) is 0 Å². The molecule has 0 saturated carbocycles. The van der Waals surface area contributed by atoms with Crippen LogP contribution in [0.25, 0.3) is 65.8 Å². The zero-order valence-corrected chi connectivity index (χ0v) is 32.0. The lowest BCUT2D eigenvalue weighted by Crippen LogP contribution is -2.27. The molecule has 2 aliphatic rings. The molecule has 0 aliphatic carbocycles. The number of hydrogen-bond acceptors (Lipinski definition) is 4. The first-order valence-electron chi connectivity index (χ1n) is 19.4. The van der Waals surface area contributed by atoms with Crippen molar-refractivity contribution in [2.75, 3.05) is 4.90 Å². The first kappa shape index (κ1) is 34.9. The average molecular weight is 750 g/mol. The topological polar surface area (TPSA) is 34.8 Å². The monoisotopic (exact) mass is 749 g/mol. The predicted molar refractivity (Wildman–Crippen MR) is 242 cm³/mol. The summed E-state index contributed by atoms with van der Waals surface area (Å²) in [6.45, 7) is 17.6. The van der Waals surface area contributed by atoms with Crippen molar-refractivity contribution in [3.8, 4) is 22.6 Å². The lowest BCUT2D eigenvalue weighted by molar-refractivity contribution is 0.257. The number of rotatable bonds is 7. The standard InChI is InChI=1S/C54H39NO3/c1-5-16-47-35(3)41-29-32-49-52-42(30-31-48(56-47)51(41)52)36(4)50(57-49)33-34(2)55(40-23-12-11-19-37-17-9-10-18-38(37)22-13-24-40)46-28-15-27-45-44-26-14-25-43(53(44)58-54(45)46)39-20-7-6-8-21-39/h5-32,50H,1-4,33H2. The fraction of sp³-hybridized carbons (Fsp3) is 0.0370. The van der Waals surface area contributed by atoms with Gasteiger partial charge in [-0.3, -0.25) is 0 Å². The second kappa shape index (κ2) is 14.2. The van der Waals surface area contributed by atoms with Gasteiger partial charge in [0.05, 0.1) is 5.69 Å². The van der Waals surface area contributed by atoms with E-state index in [0.29, 0.717) is 12.2 Å². The van der Waals surface area contributed by atoms with Crippen LogP contribution < -0.4 is 14.4 Å². The molecule has 0 bridgehead atoms. The smallest absolute Gasteiger partial charge is 0.159 e. The van der Waals surface area contributed by atoms with Crippen LogP contribution in [0.1, 0.15) is 17.5 Å². The van der Waals surface area contributed by atoms with Gasteiger partial charge in [-0.05, 0) is 75.5 Å². The zero-order chi connectivity index (χ0) is 39.3. The molecule has 4 nitrogen and oxygen atoms in total. The maximum absolute atomic E-state index is 6.96. The van der Waals surface area contributed by atoms with E-state index in [0.717, 1.165) is 105 Å². The third-order valence-electron chi connectivity index (χ3n) is 11.2. The van der Waals surface area contributed by atoms with E-state index in [1.807, 2.05) is 24.3 Å². The number of furan rings is 1. The minimum atomic E-state index is -0.392. The van der Waals surface area contributed by atoms with Gasteiger partial charge in [0, 0.05) is 50.5 Å². The Morgan fingerprint density at radius 2 is 1.22 bits per heavy atom. The highest BCUT2D eigenvalue weighted by Gasteiger charge is 2.32. The quantitative estimate of drug-likeness (QED) is 0.163. The van der Waals surface area contributed by atoms with E-state index in [-0.39, 0.29) is 0 Å². The molecule has 0 amide bonds. The second-order valence-corrected chi connectivity index (χ2v) is 14.7. The fourth-order valence-electron chi connectivity index (χ4n) is 8.46. The Kier molecular flexibility index (Phi) is 8.53. The zero-order valence-electron chi connectivity index (χ0n) is 32.0. The maximum Gasteiger partial charge on any atom is 0.159 e. The van der Waals surface area contributed by atoms with Crippen LogP contribution in [0.15, 0.2) is 212 Å². The summed E-state index contributed by atoms with van der Waals surface area (Å²) in [6, 6.07) is 54.4. The van der Waals surface area contributed by atoms with E-state index in [1.54, 1.807) is 6.08 Å². The summed E-state index contributed by atoms with van der Waals surface area (Å²) in [6.07, 6.45) is 3.62. The first-order valence-corrected chi connectivity index (χ1v) is 19.4. The molecule has 1 unspecified atom stereocenters. The van der Waals surface area contributed by atoms with E-state index >= 15 is 0 Å². The molecule has 0 radical (unpaired) electrons. The molecule has 0 spiro atoms. The summed E-state index contributed by atoms with van der Waals surface area (Å²) in [5, 5.41) is 6.33. The van der Waals surface area contributed by atoms with Crippen LogP contribution in [0.4, 0.5) is 11.4 Å². The van der Waals surface area contributed by atoms with E-state index in [4.69, 9.17) is 20.5 Å². The maximum atomic E-state index is 6.96. The molecule has 0 saturated heterocycles. The number of allylic oxidation sites excluding steroid dienone is 3. The van der Waals surface area contributed by atoms with Gasteiger partial charge >= 0.3 is 0 Å². The molecular weight excluding hydrogens is 711 g/mol. The Morgan fingerprint density at radius 3 is 2.00 bits per heavy atom. The SMILES string of the molecule is C=CC=C1Oc2ccc3c4c(ccc(c24)C1=C)OC(CC(=C)N(c1ccccc2ccccc2ccc1)c1cccc2c1oc1c(-c4ccccc4)cccc12)C3=C. The molecule has 3 heterocycles. The van der Waals surface area contributed by atoms with Crippen molar-refractivity contribution in [1.82, 2.24) is 0 Å². The van der Waals surface area contributed by atoms with Gasteiger partial charge < -0.3 is 18.8 Å². The largest absolute Gasteiger partial charge is 0.485 e. The molecular formula is C54H39NO3. The molecule has 2 aliphatic heterocycles. The minimum Gasteiger partial charge on any atom is -0.485 e. The molecule has 4 heteroatoms. The average Bonchev–Trinajstić information content (AvgIpc) is 3.64. The lowest BCUT2D eigenvalue weighted by atomic mass is 9.86. The Hall–Kier alpha value is -7.56. The molecule has 278 valence electrons. The Bertz CT molecular complexity index is 3130. The highest BCUT2D eigenvalue weighted by atomic mass is 16.5. The number of anilines is 2. The molecule has 0 fully saturated rings. The highest BCUT2D eigenvalue weighted by Crippen LogP contribution is 2.50. The number of fused-ring (bicyclic) bond motifs is 4. The van der Waals surface area contributed by atoms with Crippen LogP contribution in [0.3, 0.4) is 0 Å². The van der Waals surface area contributed by atoms with Gasteiger partial charge in [0.15, 0.2) is 5.58 Å². The summed E-state index contributed by atoms with van der Waals surface area (Å²) in [5.41, 5.74) is 10.1. The van der Waals surface area contributed by atoms with Crippen LogP contribution in [-0.2, 0) is 0 Å². The third-order valence-corrected chi connectivity index (χ3v) is 11.2. The van der Waals surface area contributed by atoms with E-state index in [9.17, 15) is 0 Å². The summed E-state index contributed by atoms with van der Waals surface area (Å²) in [5.74, 6) is 2.22. The Labute approximate surface area is 337 Å².